The average molecular weight is 303 g/mol. The Balaban J connectivity index is 1.81. The molecule has 4 nitrogen and oxygen atoms in total. The first kappa shape index (κ1) is 14.3. The van der Waals surface area contributed by atoms with E-state index in [0.717, 1.165) is 5.69 Å². The standard InChI is InChI=1S/C16H21N3OS/c1-11-13(10-17-19(11)2)16(20)18-15(12-6-3-4-7-12)14-8-5-9-21-14/h5,8-10,12,15H,3-4,6-7H2,1-2H3,(H,18,20)/t15-/m0/s1. The number of aromatic nitrogens is 2. The van der Waals surface area contributed by atoms with Crippen LogP contribution in [0.1, 0.15) is 52.7 Å². The summed E-state index contributed by atoms with van der Waals surface area (Å²) >= 11 is 1.73. The van der Waals surface area contributed by atoms with Gasteiger partial charge in [-0.3, -0.25) is 9.48 Å². The fourth-order valence-electron chi connectivity index (χ4n) is 3.12. The van der Waals surface area contributed by atoms with Gasteiger partial charge in [-0.2, -0.15) is 5.10 Å². The summed E-state index contributed by atoms with van der Waals surface area (Å²) in [6.45, 7) is 1.93. The van der Waals surface area contributed by atoms with Gasteiger partial charge in [0.1, 0.15) is 0 Å². The lowest BCUT2D eigenvalue weighted by Gasteiger charge is -2.23. The molecule has 1 aliphatic carbocycles. The molecule has 3 rings (SSSR count). The van der Waals surface area contributed by atoms with E-state index in [-0.39, 0.29) is 11.9 Å². The van der Waals surface area contributed by atoms with Gasteiger partial charge in [-0.1, -0.05) is 18.9 Å². The van der Waals surface area contributed by atoms with Gasteiger partial charge in [0.05, 0.1) is 17.8 Å². The van der Waals surface area contributed by atoms with Crippen molar-refractivity contribution in [3.8, 4) is 0 Å². The summed E-state index contributed by atoms with van der Waals surface area (Å²) < 4.78 is 1.74. The average Bonchev–Trinajstić information content (AvgIpc) is 3.20. The van der Waals surface area contributed by atoms with Crippen molar-refractivity contribution in [1.29, 1.82) is 0 Å². The molecule has 112 valence electrons. The number of nitrogens with one attached hydrogen (secondary N) is 1. The van der Waals surface area contributed by atoms with E-state index < -0.39 is 0 Å². The molecule has 1 saturated carbocycles. The second-order valence-electron chi connectivity index (χ2n) is 5.78. The van der Waals surface area contributed by atoms with E-state index in [9.17, 15) is 4.79 Å². The van der Waals surface area contributed by atoms with Gasteiger partial charge in [0.2, 0.25) is 0 Å². The van der Waals surface area contributed by atoms with Crippen molar-refractivity contribution in [3.05, 3.63) is 39.8 Å². The summed E-state index contributed by atoms with van der Waals surface area (Å²) in [5, 5.41) is 9.50. The third-order valence-corrected chi connectivity index (χ3v) is 5.44. The van der Waals surface area contributed by atoms with Crippen LogP contribution < -0.4 is 5.32 Å². The Bertz CT molecular complexity index is 612. The Hall–Kier alpha value is -1.62. The molecule has 5 heteroatoms. The molecular weight excluding hydrogens is 282 g/mol. The normalized spacial score (nSPS) is 17.0. The topological polar surface area (TPSA) is 46.9 Å². The van der Waals surface area contributed by atoms with Crippen molar-refractivity contribution >= 4 is 17.2 Å². The molecule has 1 atom stereocenters. The fourth-order valence-corrected chi connectivity index (χ4v) is 3.99. The van der Waals surface area contributed by atoms with Gasteiger partial charge in [0.25, 0.3) is 5.91 Å². The van der Waals surface area contributed by atoms with Gasteiger partial charge in [0.15, 0.2) is 0 Å². The molecule has 2 aromatic rings. The Labute approximate surface area is 129 Å². The van der Waals surface area contributed by atoms with Gasteiger partial charge in [-0.15, -0.1) is 11.3 Å². The van der Waals surface area contributed by atoms with Crippen LogP contribution in [0.4, 0.5) is 0 Å². The van der Waals surface area contributed by atoms with Crippen molar-refractivity contribution in [2.45, 2.75) is 38.6 Å². The first-order chi connectivity index (χ1) is 10.2. The van der Waals surface area contributed by atoms with Crippen LogP contribution in [0.5, 0.6) is 0 Å². The molecule has 0 saturated heterocycles. The molecule has 0 spiro atoms. The van der Waals surface area contributed by atoms with Gasteiger partial charge >= 0.3 is 0 Å². The number of thiophene rings is 1. The highest BCUT2D eigenvalue weighted by Crippen LogP contribution is 2.37. The van der Waals surface area contributed by atoms with Crippen LogP contribution in [0, 0.1) is 12.8 Å². The molecule has 21 heavy (non-hydrogen) atoms. The molecular formula is C16H21N3OS. The zero-order valence-corrected chi connectivity index (χ0v) is 13.3. The molecule has 1 fully saturated rings. The van der Waals surface area contributed by atoms with E-state index in [0.29, 0.717) is 11.5 Å². The predicted octanol–water partition coefficient (Wildman–Crippen LogP) is 3.45. The lowest BCUT2D eigenvalue weighted by molar-refractivity contribution is 0.0922. The highest BCUT2D eigenvalue weighted by atomic mass is 32.1. The maximum Gasteiger partial charge on any atom is 0.255 e. The first-order valence-electron chi connectivity index (χ1n) is 7.49. The van der Waals surface area contributed by atoms with Crippen molar-refractivity contribution < 1.29 is 4.79 Å². The fraction of sp³-hybridized carbons (Fsp3) is 0.500. The summed E-state index contributed by atoms with van der Waals surface area (Å²) in [5.74, 6) is 0.551. The largest absolute Gasteiger partial charge is 0.344 e. The quantitative estimate of drug-likeness (QED) is 0.940. The molecule has 1 amide bonds. The van der Waals surface area contributed by atoms with Crippen LogP contribution >= 0.6 is 11.3 Å². The van der Waals surface area contributed by atoms with Crippen LogP contribution in [0.3, 0.4) is 0 Å². The summed E-state index contributed by atoms with van der Waals surface area (Å²) in [6.07, 6.45) is 6.61. The van der Waals surface area contributed by atoms with E-state index in [1.807, 2.05) is 14.0 Å². The van der Waals surface area contributed by atoms with Crippen LogP contribution in [0.2, 0.25) is 0 Å². The minimum atomic E-state index is -0.00843. The van der Waals surface area contributed by atoms with E-state index >= 15 is 0 Å². The third-order valence-electron chi connectivity index (χ3n) is 4.49. The van der Waals surface area contributed by atoms with Crippen LogP contribution in [0.15, 0.2) is 23.7 Å². The van der Waals surface area contributed by atoms with Crippen molar-refractivity contribution in [1.82, 2.24) is 15.1 Å². The summed E-state index contributed by atoms with van der Waals surface area (Å²) in [5.41, 5.74) is 1.58. The molecule has 2 aromatic heterocycles. The molecule has 0 bridgehead atoms. The highest BCUT2D eigenvalue weighted by Gasteiger charge is 2.29. The maximum absolute atomic E-state index is 12.6. The SMILES string of the molecule is Cc1c(C(=O)N[C@H](c2cccs2)C2CCCC2)cnn1C. The van der Waals surface area contributed by atoms with Crippen molar-refractivity contribution in [2.24, 2.45) is 13.0 Å². The van der Waals surface area contributed by atoms with E-state index in [4.69, 9.17) is 0 Å². The van der Waals surface area contributed by atoms with Crippen LogP contribution in [0.25, 0.3) is 0 Å². The van der Waals surface area contributed by atoms with Gasteiger partial charge in [0, 0.05) is 17.6 Å². The van der Waals surface area contributed by atoms with Gasteiger partial charge in [-0.05, 0) is 37.1 Å². The molecule has 1 N–H and O–H groups in total. The first-order valence-corrected chi connectivity index (χ1v) is 8.37. The molecule has 0 aromatic carbocycles. The summed E-state index contributed by atoms with van der Waals surface area (Å²) in [4.78, 5) is 13.8. The van der Waals surface area contributed by atoms with Crippen LogP contribution in [-0.4, -0.2) is 15.7 Å². The van der Waals surface area contributed by atoms with E-state index in [2.05, 4.69) is 27.9 Å². The Morgan fingerprint density at radius 2 is 2.24 bits per heavy atom. The number of carbonyl (C=O) groups is 1. The second-order valence-corrected chi connectivity index (χ2v) is 6.76. The lowest BCUT2D eigenvalue weighted by atomic mass is 9.96. The second kappa shape index (κ2) is 6.02. The number of amides is 1. The number of rotatable bonds is 4. The van der Waals surface area contributed by atoms with Gasteiger partial charge in [-0.25, -0.2) is 0 Å². The highest BCUT2D eigenvalue weighted by molar-refractivity contribution is 7.10. The number of nitrogens with zero attached hydrogens (tertiary/aromatic N) is 2. The third kappa shape index (κ3) is 2.88. The number of hydrogen-bond donors (Lipinski definition) is 1. The molecule has 2 heterocycles. The zero-order chi connectivity index (χ0) is 14.8. The predicted molar refractivity (Wildman–Crippen MR) is 84.4 cm³/mol. The molecule has 0 radical (unpaired) electrons. The smallest absolute Gasteiger partial charge is 0.255 e. The minimum Gasteiger partial charge on any atom is -0.344 e. The summed E-state index contributed by atoms with van der Waals surface area (Å²) in [6, 6.07) is 4.33. The Kier molecular flexibility index (Phi) is 4.10. The monoisotopic (exact) mass is 303 g/mol. The Morgan fingerprint density at radius 3 is 2.81 bits per heavy atom. The number of hydrogen-bond acceptors (Lipinski definition) is 3. The minimum absolute atomic E-state index is 0.00843. The number of carbonyl (C=O) groups excluding carboxylic acids is 1. The van der Waals surface area contributed by atoms with Gasteiger partial charge < -0.3 is 5.32 Å². The van der Waals surface area contributed by atoms with E-state index in [1.54, 1.807) is 22.2 Å². The number of aryl methyl sites for hydroxylation is 1. The molecule has 1 aliphatic rings. The lowest BCUT2D eigenvalue weighted by Crippen LogP contribution is -2.32. The van der Waals surface area contributed by atoms with Crippen molar-refractivity contribution in [3.63, 3.8) is 0 Å². The van der Waals surface area contributed by atoms with Crippen molar-refractivity contribution in [2.75, 3.05) is 0 Å². The van der Waals surface area contributed by atoms with E-state index in [1.165, 1.54) is 30.6 Å². The molecule has 0 unspecified atom stereocenters. The summed E-state index contributed by atoms with van der Waals surface area (Å²) in [7, 11) is 1.86. The van der Waals surface area contributed by atoms with Crippen LogP contribution in [-0.2, 0) is 7.05 Å². The zero-order valence-electron chi connectivity index (χ0n) is 12.5. The maximum atomic E-state index is 12.6. The Morgan fingerprint density at radius 1 is 1.48 bits per heavy atom. The molecule has 0 aliphatic heterocycles.